The summed E-state index contributed by atoms with van der Waals surface area (Å²) in [5, 5.41) is 12.4. The van der Waals surface area contributed by atoms with Gasteiger partial charge in [-0.3, -0.25) is 0 Å². The standard InChI is InChI=1S/2C2H6O.2C2H5O.Al.Y/c4*1-2-3;;/h2*3H,2H2,1H3;2*2H2,1H3;;/q;;2*-1;+1;/p+2. The summed E-state index contributed by atoms with van der Waals surface area (Å²) < 4.78 is 9.87. The fourth-order valence-electron chi connectivity index (χ4n) is 0.184. The van der Waals surface area contributed by atoms with E-state index in [0.29, 0.717) is 13.2 Å². The summed E-state index contributed by atoms with van der Waals surface area (Å²) in [7, 11) is 0. The van der Waals surface area contributed by atoms with Crippen molar-refractivity contribution in [2.45, 2.75) is 27.7 Å². The van der Waals surface area contributed by atoms with Gasteiger partial charge in [0.15, 0.2) is 0 Å². The largest absolute Gasteiger partial charge is 0.679 e. The molecular formula is C8H24AlO4Y+. The van der Waals surface area contributed by atoms with Gasteiger partial charge >= 0.3 is 0 Å². The molecule has 0 aromatic carbocycles. The van der Waals surface area contributed by atoms with Crippen LogP contribution < -0.4 is 0 Å². The predicted molar refractivity (Wildman–Crippen MR) is 57.3 cm³/mol. The minimum Gasteiger partial charge on any atom is -0.679 e. The molecule has 6 heteroatoms. The van der Waals surface area contributed by atoms with E-state index < -0.39 is 0 Å². The average molecular weight is 300 g/mol. The van der Waals surface area contributed by atoms with Crippen molar-refractivity contribution in [1.82, 2.24) is 0 Å². The van der Waals surface area contributed by atoms with Gasteiger partial charge in [0.25, 0.3) is 0 Å². The normalized spacial score (nSPS) is 7.29. The van der Waals surface area contributed by atoms with Gasteiger partial charge in [-0.05, 0) is 27.1 Å². The molecule has 0 amide bonds. The maximum absolute atomic E-state index is 6.21. The summed E-state index contributed by atoms with van der Waals surface area (Å²) in [5.41, 5.74) is 0. The summed E-state index contributed by atoms with van der Waals surface area (Å²) in [5.74, 6) is 0. The van der Waals surface area contributed by atoms with Gasteiger partial charge < -0.3 is 17.8 Å². The van der Waals surface area contributed by atoms with Gasteiger partial charge in [-0.1, -0.05) is 0 Å². The maximum atomic E-state index is 6.21. The third-order valence-corrected chi connectivity index (χ3v) is 1.41. The molecule has 0 saturated carbocycles. The Hall–Kier alpha value is 1.48. The average Bonchev–Trinajstić information content (AvgIpc) is 2.08. The molecule has 85 valence electrons. The van der Waals surface area contributed by atoms with Gasteiger partial charge in [-0.25, -0.2) is 0 Å². The molecule has 0 saturated heterocycles. The van der Waals surface area contributed by atoms with E-state index >= 15 is 0 Å². The van der Waals surface area contributed by atoms with Crippen molar-refractivity contribution >= 4 is 15.9 Å². The zero-order valence-corrected chi connectivity index (χ0v) is 13.8. The van der Waals surface area contributed by atoms with Crippen LogP contribution in [-0.4, -0.2) is 52.5 Å². The van der Waals surface area contributed by atoms with Crippen molar-refractivity contribution in [2.24, 2.45) is 0 Å². The molecule has 0 atom stereocenters. The van der Waals surface area contributed by atoms with Crippen LogP contribution in [0.15, 0.2) is 0 Å². The molecule has 0 rings (SSSR count). The third-order valence-electron chi connectivity index (χ3n) is 0.469. The Morgan fingerprint density at radius 1 is 0.857 bits per heavy atom. The van der Waals surface area contributed by atoms with Crippen molar-refractivity contribution in [1.29, 1.82) is 0 Å². The predicted octanol–water partition coefficient (Wildman–Crippen LogP) is 0.0529. The summed E-state index contributed by atoms with van der Waals surface area (Å²) in [6.45, 7) is 10.1. The molecular weight excluding hydrogens is 276 g/mol. The van der Waals surface area contributed by atoms with Gasteiger partial charge in [0.05, 0.1) is 0 Å². The summed E-state index contributed by atoms with van der Waals surface area (Å²) >= 11 is -0.178. The Morgan fingerprint density at radius 2 is 1.07 bits per heavy atom. The quantitative estimate of drug-likeness (QED) is 0.418. The Morgan fingerprint density at radius 3 is 1.21 bits per heavy atom. The Labute approximate surface area is 120 Å². The van der Waals surface area contributed by atoms with E-state index in [0.717, 1.165) is 13.2 Å². The fourth-order valence-corrected chi connectivity index (χ4v) is 0.553. The van der Waals surface area contributed by atoms with Gasteiger partial charge in [-0.15, -0.1) is 0 Å². The minimum atomic E-state index is -0.178. The number of hydrogen-bond donors (Lipinski definition) is 0. The molecule has 14 heavy (non-hydrogen) atoms. The molecule has 0 aromatic heterocycles. The van der Waals surface area contributed by atoms with E-state index in [2.05, 4.69) is 0 Å². The van der Waals surface area contributed by atoms with Crippen LogP contribution in [0.2, 0.25) is 0 Å². The van der Waals surface area contributed by atoms with Crippen LogP contribution in [0.3, 0.4) is 0 Å². The van der Waals surface area contributed by atoms with Crippen LogP contribution in [-0.2, 0) is 40.3 Å². The maximum Gasteiger partial charge on any atom is 0.140 e. The van der Waals surface area contributed by atoms with E-state index in [1.807, 2.05) is 13.8 Å². The monoisotopic (exact) mass is 300 g/mol. The second kappa shape index (κ2) is 36.6. The van der Waals surface area contributed by atoms with Crippen molar-refractivity contribution in [2.75, 3.05) is 26.4 Å². The van der Waals surface area contributed by atoms with Gasteiger partial charge in [0.2, 0.25) is 0 Å². The van der Waals surface area contributed by atoms with Crippen molar-refractivity contribution in [3.63, 3.8) is 0 Å². The first-order valence-electron chi connectivity index (χ1n) is 4.58. The Kier molecular flexibility index (Phi) is 64.4. The molecule has 4 nitrogen and oxygen atoms in total. The van der Waals surface area contributed by atoms with E-state index in [-0.39, 0.29) is 48.6 Å². The molecule has 0 aliphatic rings. The molecule has 0 heterocycles. The fraction of sp³-hybridized carbons (Fsp3) is 1.00. The second-order valence-electron chi connectivity index (χ2n) is 1.71. The van der Waals surface area contributed by atoms with Crippen molar-refractivity contribution in [3.05, 3.63) is 0 Å². The van der Waals surface area contributed by atoms with E-state index in [1.54, 1.807) is 13.8 Å². The van der Waals surface area contributed by atoms with Gasteiger partial charge in [0, 0.05) is 46.6 Å². The second-order valence-corrected chi connectivity index (χ2v) is 2.57. The first-order valence-corrected chi connectivity index (χ1v) is 5.53. The first kappa shape index (κ1) is 24.6. The molecule has 4 N–H and O–H groups in total. The van der Waals surface area contributed by atoms with Crippen molar-refractivity contribution in [3.8, 4) is 0 Å². The number of rotatable bonds is 4. The SMILES string of the molecule is CC[OH2+].CC[OH2+].CC[O][Al-][O]CC.[Y]. The molecule has 0 fully saturated rings. The number of hydrogen-bond acceptors (Lipinski definition) is 2. The van der Waals surface area contributed by atoms with E-state index in [9.17, 15) is 0 Å². The molecule has 0 spiro atoms. The van der Waals surface area contributed by atoms with Crippen molar-refractivity contribution < 1.29 is 50.5 Å². The summed E-state index contributed by atoms with van der Waals surface area (Å²) in [6.07, 6.45) is 0. The topological polar surface area (TPSA) is 64.3 Å². The summed E-state index contributed by atoms with van der Waals surface area (Å²) in [6, 6.07) is 0. The molecule has 0 aliphatic carbocycles. The van der Waals surface area contributed by atoms with Gasteiger partial charge in [-0.2, -0.15) is 0 Å². The van der Waals surface area contributed by atoms with E-state index in [4.69, 9.17) is 17.8 Å². The van der Waals surface area contributed by atoms with Crippen LogP contribution in [0.5, 0.6) is 0 Å². The van der Waals surface area contributed by atoms with Crippen LogP contribution in [0.25, 0.3) is 0 Å². The molecule has 0 aromatic rings. The first-order chi connectivity index (χ1) is 6.24. The van der Waals surface area contributed by atoms with Crippen LogP contribution in [0.4, 0.5) is 0 Å². The molecule has 3 radical (unpaired) electrons. The van der Waals surface area contributed by atoms with Crippen LogP contribution in [0, 0.1) is 0 Å². The van der Waals surface area contributed by atoms with Crippen LogP contribution >= 0.6 is 0 Å². The van der Waals surface area contributed by atoms with Crippen LogP contribution in [0.1, 0.15) is 27.7 Å². The summed E-state index contributed by atoms with van der Waals surface area (Å²) in [4.78, 5) is 0. The molecule has 0 bridgehead atoms. The molecule has 0 aliphatic heterocycles. The Balaban J connectivity index is -0.0000000610. The zero-order valence-electron chi connectivity index (χ0n) is 9.80. The van der Waals surface area contributed by atoms with E-state index in [1.165, 1.54) is 0 Å². The minimum absolute atomic E-state index is 0. The smallest absolute Gasteiger partial charge is 0.140 e. The molecule has 0 unspecified atom stereocenters. The van der Waals surface area contributed by atoms with Gasteiger partial charge in [0.1, 0.15) is 29.1 Å². The third kappa shape index (κ3) is 69.9. The Bertz CT molecular complexity index is 54.6. The zero-order chi connectivity index (χ0) is 10.9.